The number of halogens is 3. The largest absolute Gasteiger partial charge is 0.271 e. The first kappa shape index (κ1) is 13.4. The van der Waals surface area contributed by atoms with Gasteiger partial charge in [-0.2, -0.15) is 0 Å². The molecule has 2 aromatic rings. The fraction of sp³-hybridized carbons (Fsp3) is 0.0833. The van der Waals surface area contributed by atoms with Crippen molar-refractivity contribution in [2.75, 3.05) is 0 Å². The van der Waals surface area contributed by atoms with Crippen LogP contribution in [0.4, 0.5) is 4.39 Å². The van der Waals surface area contributed by atoms with Crippen molar-refractivity contribution in [2.45, 2.75) is 6.04 Å². The van der Waals surface area contributed by atoms with Crippen molar-refractivity contribution in [1.82, 2.24) is 10.4 Å². The molecule has 0 saturated heterocycles. The zero-order valence-electron chi connectivity index (χ0n) is 9.20. The van der Waals surface area contributed by atoms with Crippen LogP contribution in [0.25, 0.3) is 0 Å². The van der Waals surface area contributed by atoms with Gasteiger partial charge in [0.15, 0.2) is 0 Å². The van der Waals surface area contributed by atoms with E-state index in [2.05, 4.69) is 26.3 Å². The van der Waals surface area contributed by atoms with Gasteiger partial charge in [0.1, 0.15) is 5.82 Å². The molecule has 0 saturated carbocycles. The molecule has 3 N–H and O–H groups in total. The first-order chi connectivity index (χ1) is 8.63. The van der Waals surface area contributed by atoms with Gasteiger partial charge in [0.05, 0.1) is 11.1 Å². The second-order valence-electron chi connectivity index (χ2n) is 3.66. The number of benzene rings is 1. The molecule has 3 nitrogen and oxygen atoms in total. The molecule has 0 bridgehead atoms. The predicted molar refractivity (Wildman–Crippen MR) is 72.5 cm³/mol. The molecule has 94 valence electrons. The van der Waals surface area contributed by atoms with Crippen molar-refractivity contribution < 1.29 is 4.39 Å². The number of rotatable bonds is 3. The topological polar surface area (TPSA) is 50.9 Å². The Morgan fingerprint density at radius 3 is 2.78 bits per heavy atom. The van der Waals surface area contributed by atoms with Gasteiger partial charge in [0.2, 0.25) is 0 Å². The molecule has 0 aliphatic carbocycles. The third-order valence-electron chi connectivity index (χ3n) is 2.55. The monoisotopic (exact) mass is 329 g/mol. The lowest BCUT2D eigenvalue weighted by molar-refractivity contribution is 0.559. The van der Waals surface area contributed by atoms with Crippen LogP contribution in [0.15, 0.2) is 41.1 Å². The Labute approximate surface area is 117 Å². The Morgan fingerprint density at radius 2 is 2.11 bits per heavy atom. The summed E-state index contributed by atoms with van der Waals surface area (Å²) >= 11 is 9.35. The minimum atomic E-state index is -0.530. The first-order valence-corrected chi connectivity index (χ1v) is 6.31. The summed E-state index contributed by atoms with van der Waals surface area (Å²) < 4.78 is 14.6. The molecule has 0 spiro atoms. The highest BCUT2D eigenvalue weighted by Gasteiger charge is 2.19. The van der Waals surface area contributed by atoms with Gasteiger partial charge in [-0.15, -0.1) is 0 Å². The molecule has 1 aromatic heterocycles. The second kappa shape index (κ2) is 5.75. The van der Waals surface area contributed by atoms with Crippen LogP contribution in [0.3, 0.4) is 0 Å². The molecule has 0 aliphatic heterocycles. The van der Waals surface area contributed by atoms with Crippen molar-refractivity contribution in [3.63, 3.8) is 0 Å². The number of nitrogens with one attached hydrogen (secondary N) is 1. The average molecular weight is 331 g/mol. The quantitative estimate of drug-likeness (QED) is 0.671. The maximum atomic E-state index is 13.8. The highest BCUT2D eigenvalue weighted by molar-refractivity contribution is 9.10. The van der Waals surface area contributed by atoms with Gasteiger partial charge in [-0.3, -0.25) is 10.8 Å². The highest BCUT2D eigenvalue weighted by atomic mass is 79.9. The maximum absolute atomic E-state index is 13.8. The van der Waals surface area contributed by atoms with Gasteiger partial charge >= 0.3 is 0 Å². The summed E-state index contributed by atoms with van der Waals surface area (Å²) in [5, 5.41) is 0.430. The Hall–Kier alpha value is -1.01. The molecule has 1 unspecified atom stereocenters. The zero-order chi connectivity index (χ0) is 13.1. The number of pyridine rings is 1. The molecule has 0 radical (unpaired) electrons. The molecule has 0 fully saturated rings. The van der Waals surface area contributed by atoms with Crippen LogP contribution in [0.5, 0.6) is 0 Å². The Kier molecular flexibility index (Phi) is 4.29. The van der Waals surface area contributed by atoms with Crippen LogP contribution < -0.4 is 11.3 Å². The molecule has 0 aliphatic rings. The van der Waals surface area contributed by atoms with Crippen LogP contribution in [0.1, 0.15) is 17.2 Å². The van der Waals surface area contributed by atoms with E-state index >= 15 is 0 Å². The van der Waals surface area contributed by atoms with Gasteiger partial charge in [-0.05, 0) is 29.8 Å². The van der Waals surface area contributed by atoms with Gasteiger partial charge in [0.25, 0.3) is 0 Å². The van der Waals surface area contributed by atoms with Crippen LogP contribution in [0.2, 0.25) is 5.02 Å². The predicted octanol–water partition coefficient (Wildman–Crippen LogP) is 3.19. The Bertz CT molecular complexity index is 565. The molecule has 0 amide bonds. The number of hydrogen-bond donors (Lipinski definition) is 2. The number of nitrogens with two attached hydrogens (primary N) is 1. The second-order valence-corrected chi connectivity index (χ2v) is 4.99. The lowest BCUT2D eigenvalue weighted by atomic mass is 10.00. The first-order valence-electron chi connectivity index (χ1n) is 5.14. The van der Waals surface area contributed by atoms with Crippen molar-refractivity contribution >= 4 is 27.5 Å². The fourth-order valence-electron chi connectivity index (χ4n) is 1.70. The van der Waals surface area contributed by atoms with Crippen molar-refractivity contribution in [2.24, 2.45) is 5.84 Å². The summed E-state index contributed by atoms with van der Waals surface area (Å²) in [6.45, 7) is 0. The van der Waals surface area contributed by atoms with E-state index < -0.39 is 6.04 Å². The van der Waals surface area contributed by atoms with E-state index in [1.807, 2.05) is 0 Å². The van der Waals surface area contributed by atoms with Gasteiger partial charge in [0, 0.05) is 22.4 Å². The number of nitrogens with zero attached hydrogens (tertiary/aromatic N) is 1. The van der Waals surface area contributed by atoms with E-state index in [0.29, 0.717) is 16.1 Å². The van der Waals surface area contributed by atoms with E-state index in [1.165, 1.54) is 12.3 Å². The Morgan fingerprint density at radius 1 is 1.33 bits per heavy atom. The number of aromatic nitrogens is 1. The van der Waals surface area contributed by atoms with E-state index in [4.69, 9.17) is 17.4 Å². The maximum Gasteiger partial charge on any atom is 0.128 e. The molecular formula is C12H10BrClFN3. The fourth-order valence-corrected chi connectivity index (χ4v) is 2.31. The number of hydrazine groups is 1. The minimum absolute atomic E-state index is 0.353. The summed E-state index contributed by atoms with van der Waals surface area (Å²) in [5.41, 5.74) is 3.66. The van der Waals surface area contributed by atoms with Crippen LogP contribution in [-0.2, 0) is 0 Å². The summed E-state index contributed by atoms with van der Waals surface area (Å²) in [6.07, 6.45) is 3.08. The molecule has 1 heterocycles. The summed E-state index contributed by atoms with van der Waals surface area (Å²) in [7, 11) is 0. The summed E-state index contributed by atoms with van der Waals surface area (Å²) in [5.74, 6) is 5.16. The van der Waals surface area contributed by atoms with Gasteiger partial charge in [-0.25, -0.2) is 9.82 Å². The summed E-state index contributed by atoms with van der Waals surface area (Å²) in [6, 6.07) is 5.83. The standard InChI is InChI=1S/C12H10BrClFN3/c13-7-1-2-11(15)9(5-7)12(18-16)8-3-4-17-6-10(8)14/h1-6,12,18H,16H2. The molecule has 18 heavy (non-hydrogen) atoms. The summed E-state index contributed by atoms with van der Waals surface area (Å²) in [4.78, 5) is 3.89. The van der Waals surface area contributed by atoms with Crippen LogP contribution in [0, 0.1) is 5.82 Å². The molecule has 1 aromatic carbocycles. The smallest absolute Gasteiger partial charge is 0.128 e. The normalized spacial score (nSPS) is 12.4. The minimum Gasteiger partial charge on any atom is -0.271 e. The molecule has 2 rings (SSSR count). The number of hydrogen-bond acceptors (Lipinski definition) is 3. The van der Waals surface area contributed by atoms with E-state index in [1.54, 1.807) is 24.4 Å². The lowest BCUT2D eigenvalue weighted by Crippen LogP contribution is -2.29. The van der Waals surface area contributed by atoms with Crippen molar-refractivity contribution in [1.29, 1.82) is 0 Å². The average Bonchev–Trinajstić information content (AvgIpc) is 2.36. The molecule has 1 atom stereocenters. The highest BCUT2D eigenvalue weighted by Crippen LogP contribution is 2.30. The third-order valence-corrected chi connectivity index (χ3v) is 3.36. The van der Waals surface area contributed by atoms with Gasteiger partial charge in [-0.1, -0.05) is 27.5 Å². The van der Waals surface area contributed by atoms with E-state index in [0.717, 1.165) is 4.47 Å². The lowest BCUT2D eigenvalue weighted by Gasteiger charge is -2.18. The van der Waals surface area contributed by atoms with Gasteiger partial charge < -0.3 is 0 Å². The zero-order valence-corrected chi connectivity index (χ0v) is 11.5. The molecule has 6 heteroatoms. The third kappa shape index (κ3) is 2.70. The van der Waals surface area contributed by atoms with Crippen LogP contribution in [-0.4, -0.2) is 4.98 Å². The van der Waals surface area contributed by atoms with Crippen molar-refractivity contribution in [3.05, 3.63) is 63.1 Å². The SMILES string of the molecule is NNC(c1cc(Br)ccc1F)c1ccncc1Cl. The molecular weight excluding hydrogens is 321 g/mol. The Balaban J connectivity index is 2.52. The van der Waals surface area contributed by atoms with Crippen LogP contribution >= 0.6 is 27.5 Å². The van der Waals surface area contributed by atoms with E-state index in [-0.39, 0.29) is 5.82 Å². The van der Waals surface area contributed by atoms with Crippen molar-refractivity contribution in [3.8, 4) is 0 Å². The van der Waals surface area contributed by atoms with E-state index in [9.17, 15) is 4.39 Å².